The predicted molar refractivity (Wildman–Crippen MR) is 120 cm³/mol. The van der Waals surface area contributed by atoms with Crippen LogP contribution in [0.15, 0.2) is 36.9 Å². The third kappa shape index (κ3) is 9.30. The zero-order valence-electron chi connectivity index (χ0n) is 17.7. The minimum Gasteiger partial charge on any atom is -0.378 e. The maximum Gasteiger partial charge on any atom is 0.301 e. The molecule has 0 spiro atoms. The zero-order chi connectivity index (χ0) is 21.0. The minimum atomic E-state index is -3.50. The van der Waals surface area contributed by atoms with Crippen LogP contribution >= 0.6 is 0 Å². The van der Waals surface area contributed by atoms with Crippen molar-refractivity contribution >= 4 is 15.9 Å². The summed E-state index contributed by atoms with van der Waals surface area (Å²) in [5, 5.41) is 3.40. The number of anilines is 1. The van der Waals surface area contributed by atoms with Crippen molar-refractivity contribution in [2.75, 3.05) is 37.5 Å². The highest BCUT2D eigenvalue weighted by Crippen LogP contribution is 2.19. The smallest absolute Gasteiger partial charge is 0.301 e. The van der Waals surface area contributed by atoms with Gasteiger partial charge in [-0.3, -0.25) is 4.72 Å². The lowest BCUT2D eigenvalue weighted by Gasteiger charge is -2.31. The molecule has 29 heavy (non-hydrogen) atoms. The van der Waals surface area contributed by atoms with Gasteiger partial charge in [-0.15, -0.1) is 6.58 Å². The summed E-state index contributed by atoms with van der Waals surface area (Å²) in [6.07, 6.45) is 9.29. The summed E-state index contributed by atoms with van der Waals surface area (Å²) < 4.78 is 35.3. The number of hydrogen-bond acceptors (Lipinski definition) is 4. The molecule has 6 nitrogen and oxygen atoms in total. The molecule has 0 saturated carbocycles. The molecule has 1 aliphatic heterocycles. The number of nitrogens with zero attached hydrogens (tertiary/aromatic N) is 1. The fraction of sp³-hybridized carbons (Fsp3) is 0.636. The topological polar surface area (TPSA) is 70.7 Å². The Morgan fingerprint density at radius 1 is 1.10 bits per heavy atom. The molecule has 1 aromatic rings. The van der Waals surface area contributed by atoms with Crippen molar-refractivity contribution in [3.63, 3.8) is 0 Å². The number of nitrogens with one attached hydrogen (secondary N) is 2. The number of benzene rings is 1. The zero-order valence-corrected chi connectivity index (χ0v) is 18.6. The van der Waals surface area contributed by atoms with Gasteiger partial charge >= 0.3 is 10.2 Å². The van der Waals surface area contributed by atoms with Gasteiger partial charge in [0.15, 0.2) is 0 Å². The number of unbranched alkanes of at least 4 members (excludes halogenated alkanes) is 3. The average Bonchev–Trinajstić information content (AvgIpc) is 2.71. The van der Waals surface area contributed by atoms with E-state index in [4.69, 9.17) is 4.74 Å². The molecule has 0 amide bonds. The first-order valence-electron chi connectivity index (χ1n) is 10.8. The fourth-order valence-electron chi connectivity index (χ4n) is 3.36. The molecule has 1 fully saturated rings. The van der Waals surface area contributed by atoms with Gasteiger partial charge < -0.3 is 10.1 Å². The van der Waals surface area contributed by atoms with Gasteiger partial charge in [-0.05, 0) is 64.3 Å². The first-order chi connectivity index (χ1) is 14.0. The first-order valence-corrected chi connectivity index (χ1v) is 12.2. The molecular weight excluding hydrogens is 386 g/mol. The lowest BCUT2D eigenvalue weighted by molar-refractivity contribution is 0.0193. The van der Waals surface area contributed by atoms with E-state index in [0.717, 1.165) is 50.9 Å². The molecule has 2 rings (SSSR count). The molecule has 0 bridgehead atoms. The van der Waals surface area contributed by atoms with Gasteiger partial charge in [-0.1, -0.05) is 36.6 Å². The van der Waals surface area contributed by atoms with Crippen LogP contribution in [0.25, 0.3) is 0 Å². The minimum absolute atomic E-state index is 0.168. The molecule has 0 aromatic heterocycles. The van der Waals surface area contributed by atoms with E-state index in [1.165, 1.54) is 23.6 Å². The maximum absolute atomic E-state index is 12.6. The normalized spacial score (nSPS) is 16.0. The molecule has 0 atom stereocenters. The summed E-state index contributed by atoms with van der Waals surface area (Å²) >= 11 is 0. The predicted octanol–water partition coefficient (Wildman–Crippen LogP) is 3.86. The molecule has 164 valence electrons. The number of piperidine rings is 1. The quantitative estimate of drug-likeness (QED) is 0.352. The van der Waals surface area contributed by atoms with Crippen LogP contribution in [0.2, 0.25) is 0 Å². The Bertz CT molecular complexity index is 684. The summed E-state index contributed by atoms with van der Waals surface area (Å²) in [5.41, 5.74) is 1.70. The number of rotatable bonds is 14. The molecule has 2 N–H and O–H groups in total. The molecule has 1 heterocycles. The summed E-state index contributed by atoms with van der Waals surface area (Å²) in [7, 11) is -3.50. The van der Waals surface area contributed by atoms with E-state index in [2.05, 4.69) is 16.6 Å². The Morgan fingerprint density at radius 2 is 1.79 bits per heavy atom. The van der Waals surface area contributed by atoms with Crippen LogP contribution in [-0.4, -0.2) is 51.6 Å². The number of aryl methyl sites for hydroxylation is 1. The maximum atomic E-state index is 12.6. The lowest BCUT2D eigenvalue weighted by Crippen LogP contribution is -2.43. The Kier molecular flexibility index (Phi) is 10.7. The van der Waals surface area contributed by atoms with E-state index < -0.39 is 10.2 Å². The molecule has 0 radical (unpaired) electrons. The highest BCUT2D eigenvalue weighted by Gasteiger charge is 2.28. The molecule has 1 aliphatic rings. The van der Waals surface area contributed by atoms with Crippen LogP contribution in [0, 0.1) is 6.92 Å². The lowest BCUT2D eigenvalue weighted by atomic mass is 10.1. The van der Waals surface area contributed by atoms with Crippen molar-refractivity contribution in [1.82, 2.24) is 9.62 Å². The van der Waals surface area contributed by atoms with Gasteiger partial charge in [0.1, 0.15) is 0 Å². The Labute approximate surface area is 176 Å². The standard InChI is InChI=1S/C22H37N3O3S/c1-3-4-15-23-16-7-5-6-8-19-28-22-13-17-25(18-14-22)29(26,27)24-21-11-9-20(2)10-12-21/h3,9-12,22-24H,1,4-8,13-19H2,2H3. The SMILES string of the molecule is C=CCCNCCCCCCOC1CCN(S(=O)(=O)Nc2ccc(C)cc2)CC1. The molecule has 0 aliphatic carbocycles. The summed E-state index contributed by atoms with van der Waals surface area (Å²) in [6, 6.07) is 7.38. The highest BCUT2D eigenvalue weighted by atomic mass is 32.2. The first kappa shape index (κ1) is 23.9. The van der Waals surface area contributed by atoms with E-state index in [-0.39, 0.29) is 6.10 Å². The van der Waals surface area contributed by atoms with Gasteiger partial charge in [-0.2, -0.15) is 12.7 Å². The van der Waals surface area contributed by atoms with Gasteiger partial charge in [0.2, 0.25) is 0 Å². The van der Waals surface area contributed by atoms with Gasteiger partial charge in [0, 0.05) is 25.4 Å². The summed E-state index contributed by atoms with van der Waals surface area (Å²) in [5.74, 6) is 0. The van der Waals surface area contributed by atoms with E-state index in [1.807, 2.05) is 25.1 Å². The Hall–Kier alpha value is -1.41. The fourth-order valence-corrected chi connectivity index (χ4v) is 4.61. The van der Waals surface area contributed by atoms with E-state index in [9.17, 15) is 8.42 Å². The van der Waals surface area contributed by atoms with E-state index >= 15 is 0 Å². The van der Waals surface area contributed by atoms with Gasteiger partial charge in [0.25, 0.3) is 0 Å². The monoisotopic (exact) mass is 423 g/mol. The second-order valence-electron chi connectivity index (χ2n) is 7.68. The van der Waals surface area contributed by atoms with Crippen molar-refractivity contribution in [2.24, 2.45) is 0 Å². The number of ether oxygens (including phenoxy) is 1. The Balaban J connectivity index is 1.55. The third-order valence-corrected chi connectivity index (χ3v) is 6.70. The van der Waals surface area contributed by atoms with Crippen LogP contribution in [-0.2, 0) is 14.9 Å². The molecule has 0 unspecified atom stereocenters. The highest BCUT2D eigenvalue weighted by molar-refractivity contribution is 7.90. The van der Waals surface area contributed by atoms with Crippen molar-refractivity contribution in [3.05, 3.63) is 42.5 Å². The van der Waals surface area contributed by atoms with Crippen LogP contribution < -0.4 is 10.0 Å². The Morgan fingerprint density at radius 3 is 2.48 bits per heavy atom. The molecule has 1 aromatic carbocycles. The summed E-state index contributed by atoms with van der Waals surface area (Å²) in [4.78, 5) is 0. The molecular formula is C22H37N3O3S. The van der Waals surface area contributed by atoms with E-state index in [1.54, 1.807) is 12.1 Å². The largest absolute Gasteiger partial charge is 0.378 e. The second kappa shape index (κ2) is 13.0. The van der Waals surface area contributed by atoms with Gasteiger partial charge in [0.05, 0.1) is 6.10 Å². The van der Waals surface area contributed by atoms with Crippen molar-refractivity contribution in [1.29, 1.82) is 0 Å². The van der Waals surface area contributed by atoms with Crippen LogP contribution in [0.1, 0.15) is 50.5 Å². The molecule has 7 heteroatoms. The van der Waals surface area contributed by atoms with E-state index in [0.29, 0.717) is 18.8 Å². The van der Waals surface area contributed by atoms with Crippen molar-refractivity contribution in [3.8, 4) is 0 Å². The third-order valence-electron chi connectivity index (χ3n) is 5.17. The van der Waals surface area contributed by atoms with Crippen LogP contribution in [0.4, 0.5) is 5.69 Å². The number of hydrogen-bond donors (Lipinski definition) is 2. The van der Waals surface area contributed by atoms with Gasteiger partial charge in [-0.25, -0.2) is 0 Å². The second-order valence-corrected chi connectivity index (χ2v) is 9.35. The van der Waals surface area contributed by atoms with Crippen molar-refractivity contribution < 1.29 is 13.2 Å². The average molecular weight is 424 g/mol. The van der Waals surface area contributed by atoms with Crippen molar-refractivity contribution in [2.45, 2.75) is 58.0 Å². The van der Waals surface area contributed by atoms with Crippen LogP contribution in [0.3, 0.4) is 0 Å². The molecule has 1 saturated heterocycles. The summed E-state index contributed by atoms with van der Waals surface area (Å²) in [6.45, 7) is 9.55. The van der Waals surface area contributed by atoms with Crippen LogP contribution in [0.5, 0.6) is 0 Å².